The lowest BCUT2D eigenvalue weighted by Crippen LogP contribution is -2.49. The van der Waals surface area contributed by atoms with E-state index in [2.05, 4.69) is 39.2 Å². The number of piperidine rings is 1. The number of amides is 2. The number of nitrogens with one attached hydrogen (secondary N) is 1. The summed E-state index contributed by atoms with van der Waals surface area (Å²) >= 11 is 0. The van der Waals surface area contributed by atoms with Gasteiger partial charge >= 0.3 is 6.09 Å². The predicted octanol–water partition coefficient (Wildman–Crippen LogP) is 3.91. The highest BCUT2D eigenvalue weighted by molar-refractivity contribution is 6.74. The molecule has 2 rings (SSSR count). The second kappa shape index (κ2) is 7.48. The van der Waals surface area contributed by atoms with Gasteiger partial charge in [0, 0.05) is 0 Å². The summed E-state index contributed by atoms with van der Waals surface area (Å²) < 4.78 is 12.0. The minimum Gasteiger partial charge on any atom is -0.443 e. The zero-order valence-electron chi connectivity index (χ0n) is 18.4. The minimum absolute atomic E-state index is 0.0814. The van der Waals surface area contributed by atoms with E-state index in [1.54, 1.807) is 0 Å². The van der Waals surface area contributed by atoms with Crippen LogP contribution < -0.4 is 5.32 Å². The first-order valence-corrected chi connectivity index (χ1v) is 13.0. The fraction of sp³-hybridized carbons (Fsp3) is 0.900. The normalized spacial score (nSPS) is 23.8. The lowest BCUT2D eigenvalue weighted by Gasteiger charge is -2.37. The summed E-state index contributed by atoms with van der Waals surface area (Å²) in [6.45, 7) is 18.5. The molecule has 0 aliphatic carbocycles. The highest BCUT2D eigenvalue weighted by Gasteiger charge is 2.55. The standard InChI is InChI=1S/C20H38N2O4Si/c1-18(2,3)26-17(24)22-15(14-25-27(7,8)19(4,5)6)13-20(16(22)23)9-11-21-12-10-20/h15,21H,9-14H2,1-8H3. The monoisotopic (exact) mass is 398 g/mol. The molecule has 0 aromatic heterocycles. The van der Waals surface area contributed by atoms with Crippen LogP contribution in [-0.4, -0.2) is 56.6 Å². The molecule has 2 amide bonds. The number of nitrogens with zero attached hydrogens (tertiary/aromatic N) is 1. The van der Waals surface area contributed by atoms with Crippen LogP contribution in [0.4, 0.5) is 4.79 Å². The number of imide groups is 1. The SMILES string of the molecule is CC(C)(C)OC(=O)N1C(=O)C2(CCNCC2)CC1CO[Si](C)(C)C(C)(C)C. The summed E-state index contributed by atoms with van der Waals surface area (Å²) in [5.74, 6) is -0.0814. The average Bonchev–Trinajstić information content (AvgIpc) is 2.76. The number of likely N-dealkylation sites (tertiary alicyclic amines) is 1. The van der Waals surface area contributed by atoms with Crippen molar-refractivity contribution in [3.8, 4) is 0 Å². The quantitative estimate of drug-likeness (QED) is 0.730. The van der Waals surface area contributed by atoms with Gasteiger partial charge in [-0.1, -0.05) is 20.8 Å². The third-order valence-corrected chi connectivity index (χ3v) is 10.8. The Balaban J connectivity index is 2.23. The van der Waals surface area contributed by atoms with Crippen molar-refractivity contribution in [1.29, 1.82) is 0 Å². The molecular formula is C20H38N2O4Si. The fourth-order valence-electron chi connectivity index (χ4n) is 3.57. The zero-order valence-corrected chi connectivity index (χ0v) is 19.4. The van der Waals surface area contributed by atoms with Crippen LogP contribution in [0.15, 0.2) is 0 Å². The van der Waals surface area contributed by atoms with Crippen molar-refractivity contribution in [1.82, 2.24) is 10.2 Å². The van der Waals surface area contributed by atoms with Crippen molar-refractivity contribution in [3.63, 3.8) is 0 Å². The smallest absolute Gasteiger partial charge is 0.417 e. The van der Waals surface area contributed by atoms with Crippen molar-refractivity contribution < 1.29 is 18.8 Å². The van der Waals surface area contributed by atoms with Crippen LogP contribution in [0, 0.1) is 5.41 Å². The molecular weight excluding hydrogens is 360 g/mol. The van der Waals surface area contributed by atoms with E-state index in [0.717, 1.165) is 25.9 Å². The first-order valence-electron chi connectivity index (χ1n) is 10.1. The van der Waals surface area contributed by atoms with Gasteiger partial charge in [-0.3, -0.25) is 4.79 Å². The van der Waals surface area contributed by atoms with Crippen LogP contribution in [0.3, 0.4) is 0 Å². The molecule has 2 heterocycles. The van der Waals surface area contributed by atoms with E-state index in [0.29, 0.717) is 13.0 Å². The number of carbonyl (C=O) groups excluding carboxylic acids is 2. The molecule has 0 radical (unpaired) electrons. The van der Waals surface area contributed by atoms with Crippen LogP contribution in [0.1, 0.15) is 60.8 Å². The summed E-state index contributed by atoms with van der Waals surface area (Å²) in [7, 11) is -1.97. The number of hydrogen-bond donors (Lipinski definition) is 1. The van der Waals surface area contributed by atoms with Gasteiger partial charge in [0.05, 0.1) is 18.1 Å². The Bertz CT molecular complexity index is 572. The van der Waals surface area contributed by atoms with Gasteiger partial charge < -0.3 is 14.5 Å². The molecule has 0 saturated carbocycles. The van der Waals surface area contributed by atoms with Gasteiger partial charge in [-0.15, -0.1) is 0 Å². The maximum atomic E-state index is 13.3. The van der Waals surface area contributed by atoms with Gasteiger partial charge in [0.1, 0.15) is 5.60 Å². The molecule has 2 aliphatic heterocycles. The molecule has 6 nitrogen and oxygen atoms in total. The molecule has 27 heavy (non-hydrogen) atoms. The molecule has 0 aromatic rings. The van der Waals surface area contributed by atoms with Crippen LogP contribution >= 0.6 is 0 Å². The molecule has 1 atom stereocenters. The van der Waals surface area contributed by atoms with Crippen LogP contribution in [0.25, 0.3) is 0 Å². The number of rotatable bonds is 3. The molecule has 7 heteroatoms. The lowest BCUT2D eigenvalue weighted by atomic mass is 9.76. The minimum atomic E-state index is -1.97. The van der Waals surface area contributed by atoms with E-state index < -0.39 is 25.4 Å². The molecule has 156 valence electrons. The Morgan fingerprint density at radius 1 is 1.19 bits per heavy atom. The van der Waals surface area contributed by atoms with E-state index in [9.17, 15) is 9.59 Å². The van der Waals surface area contributed by atoms with Crippen molar-refractivity contribution in [2.24, 2.45) is 5.41 Å². The third kappa shape index (κ3) is 4.92. The zero-order chi connectivity index (χ0) is 20.7. The summed E-state index contributed by atoms with van der Waals surface area (Å²) in [6.07, 6.45) is 1.66. The molecule has 2 saturated heterocycles. The van der Waals surface area contributed by atoms with E-state index in [1.807, 2.05) is 20.8 Å². The largest absolute Gasteiger partial charge is 0.443 e. The summed E-state index contributed by atoms with van der Waals surface area (Å²) in [6, 6.07) is -0.250. The van der Waals surface area contributed by atoms with E-state index in [4.69, 9.17) is 9.16 Å². The van der Waals surface area contributed by atoms with Crippen molar-refractivity contribution >= 4 is 20.3 Å². The Morgan fingerprint density at radius 2 is 1.74 bits per heavy atom. The van der Waals surface area contributed by atoms with Gasteiger partial charge in [0.25, 0.3) is 0 Å². The summed E-state index contributed by atoms with van der Waals surface area (Å²) in [4.78, 5) is 27.5. The number of carbonyl (C=O) groups is 2. The molecule has 1 N–H and O–H groups in total. The second-order valence-corrected chi connectivity index (χ2v) is 15.4. The van der Waals surface area contributed by atoms with Crippen LogP contribution in [0.5, 0.6) is 0 Å². The highest BCUT2D eigenvalue weighted by atomic mass is 28.4. The second-order valence-electron chi connectivity index (χ2n) is 10.6. The van der Waals surface area contributed by atoms with Crippen molar-refractivity contribution in [2.75, 3.05) is 19.7 Å². The molecule has 1 spiro atoms. The predicted molar refractivity (Wildman–Crippen MR) is 109 cm³/mol. The Morgan fingerprint density at radius 3 is 2.22 bits per heavy atom. The Hall–Kier alpha value is -0.923. The topological polar surface area (TPSA) is 67.9 Å². The average molecular weight is 399 g/mol. The van der Waals surface area contributed by atoms with Crippen LogP contribution in [0.2, 0.25) is 18.1 Å². The van der Waals surface area contributed by atoms with E-state index in [-0.39, 0.29) is 17.0 Å². The highest BCUT2D eigenvalue weighted by Crippen LogP contribution is 2.45. The molecule has 2 fully saturated rings. The maximum Gasteiger partial charge on any atom is 0.417 e. The van der Waals surface area contributed by atoms with Gasteiger partial charge in [-0.25, -0.2) is 9.69 Å². The molecule has 1 unspecified atom stereocenters. The maximum absolute atomic E-state index is 13.3. The van der Waals surface area contributed by atoms with E-state index in [1.165, 1.54) is 4.90 Å². The van der Waals surface area contributed by atoms with Gasteiger partial charge in [0.15, 0.2) is 8.32 Å². The first kappa shape index (κ1) is 22.4. The molecule has 0 aromatic carbocycles. The van der Waals surface area contributed by atoms with Crippen molar-refractivity contribution in [2.45, 2.75) is 90.6 Å². The molecule has 2 aliphatic rings. The summed E-state index contributed by atoms with van der Waals surface area (Å²) in [5, 5.41) is 3.40. The number of ether oxygens (including phenoxy) is 1. The van der Waals surface area contributed by atoms with E-state index >= 15 is 0 Å². The van der Waals surface area contributed by atoms with Crippen LogP contribution in [-0.2, 0) is 14.0 Å². The van der Waals surface area contributed by atoms with Gasteiger partial charge in [-0.2, -0.15) is 0 Å². The Labute approximate surface area is 165 Å². The fourth-order valence-corrected chi connectivity index (χ4v) is 4.61. The number of hydrogen-bond acceptors (Lipinski definition) is 5. The van der Waals surface area contributed by atoms with Gasteiger partial charge in [-0.05, 0) is 71.3 Å². The lowest BCUT2D eigenvalue weighted by molar-refractivity contribution is -0.137. The summed E-state index contributed by atoms with van der Waals surface area (Å²) in [5.41, 5.74) is -1.09. The van der Waals surface area contributed by atoms with Crippen molar-refractivity contribution in [3.05, 3.63) is 0 Å². The third-order valence-electron chi connectivity index (χ3n) is 6.26. The van der Waals surface area contributed by atoms with Gasteiger partial charge in [0.2, 0.25) is 5.91 Å². The first-order chi connectivity index (χ1) is 12.2. The Kier molecular flexibility index (Phi) is 6.20. The molecule has 0 bridgehead atoms.